The number of pyridine rings is 1. The summed E-state index contributed by atoms with van der Waals surface area (Å²) in [5.74, 6) is 0.585. The van der Waals surface area contributed by atoms with Crippen molar-refractivity contribution >= 4 is 11.6 Å². The second-order valence-corrected chi connectivity index (χ2v) is 5.21. The minimum absolute atomic E-state index is 0.0694. The molecular weight excluding hydrogens is 302 g/mol. The van der Waals surface area contributed by atoms with Crippen LogP contribution in [0.5, 0.6) is 5.75 Å². The number of aromatic amines is 1. The molecule has 6 heteroatoms. The van der Waals surface area contributed by atoms with Crippen LogP contribution in [0.15, 0.2) is 29.1 Å². The molecule has 1 aromatic heterocycles. The van der Waals surface area contributed by atoms with Crippen molar-refractivity contribution < 1.29 is 4.74 Å². The molecule has 2 aromatic rings. The fraction of sp³-hybridized carbons (Fsp3) is 0.250. The molecule has 0 saturated heterocycles. The summed E-state index contributed by atoms with van der Waals surface area (Å²) in [5.41, 5.74) is 7.34. The lowest BCUT2D eigenvalue weighted by Crippen LogP contribution is -2.12. The Morgan fingerprint density at radius 2 is 2.18 bits per heavy atom. The first-order valence-electron chi connectivity index (χ1n) is 6.83. The number of nitrogens with zero attached hydrogens (tertiary/aromatic N) is 1. The predicted molar refractivity (Wildman–Crippen MR) is 86.1 cm³/mol. The van der Waals surface area contributed by atoms with E-state index in [4.69, 9.17) is 27.3 Å². The third-order valence-corrected chi connectivity index (χ3v) is 3.50. The molecule has 1 heterocycles. The van der Waals surface area contributed by atoms with Gasteiger partial charge in [0.05, 0.1) is 11.6 Å². The largest absolute Gasteiger partial charge is 0.492 e. The lowest BCUT2D eigenvalue weighted by atomic mass is 10.0. The van der Waals surface area contributed by atoms with Gasteiger partial charge in [-0.05, 0) is 43.7 Å². The van der Waals surface area contributed by atoms with Crippen LogP contribution >= 0.6 is 11.6 Å². The second kappa shape index (κ2) is 7.12. The number of hydrogen-bond acceptors (Lipinski definition) is 4. The Balaban J connectivity index is 2.36. The summed E-state index contributed by atoms with van der Waals surface area (Å²) < 4.78 is 5.54. The van der Waals surface area contributed by atoms with Crippen molar-refractivity contribution in [2.75, 3.05) is 13.2 Å². The summed E-state index contributed by atoms with van der Waals surface area (Å²) >= 11 is 6.22. The van der Waals surface area contributed by atoms with Gasteiger partial charge in [-0.1, -0.05) is 17.7 Å². The summed E-state index contributed by atoms with van der Waals surface area (Å²) in [5, 5.41) is 9.44. The Kier molecular flexibility index (Phi) is 5.21. The van der Waals surface area contributed by atoms with Crippen LogP contribution in [-0.4, -0.2) is 18.1 Å². The van der Waals surface area contributed by atoms with E-state index in [-0.39, 0.29) is 5.56 Å². The standard InChI is InChI=1S/C16H16ClN3O2/c1-10-13(7-12(9-19)16(21)20-10)11-3-4-15(14(17)8-11)22-6-2-5-18/h3-4,7-8H,2,5-6,18H2,1H3,(H,20,21). The number of rotatable bonds is 5. The Morgan fingerprint density at radius 1 is 1.41 bits per heavy atom. The number of H-pyrrole nitrogens is 1. The van der Waals surface area contributed by atoms with E-state index in [0.29, 0.717) is 29.6 Å². The molecule has 114 valence electrons. The number of benzene rings is 1. The van der Waals surface area contributed by atoms with Crippen LogP contribution in [0.25, 0.3) is 11.1 Å². The van der Waals surface area contributed by atoms with E-state index in [0.717, 1.165) is 17.5 Å². The third-order valence-electron chi connectivity index (χ3n) is 3.21. The summed E-state index contributed by atoms with van der Waals surface area (Å²) in [4.78, 5) is 14.3. The smallest absolute Gasteiger partial charge is 0.266 e. The minimum atomic E-state index is -0.392. The second-order valence-electron chi connectivity index (χ2n) is 4.80. The van der Waals surface area contributed by atoms with Gasteiger partial charge in [0.2, 0.25) is 0 Å². The number of nitrogens with two attached hydrogens (primary N) is 1. The zero-order chi connectivity index (χ0) is 16.1. The summed E-state index contributed by atoms with van der Waals surface area (Å²) in [6, 6.07) is 8.80. The molecule has 0 amide bonds. The lowest BCUT2D eigenvalue weighted by molar-refractivity contribution is 0.313. The number of aryl methyl sites for hydroxylation is 1. The van der Waals surface area contributed by atoms with Crippen LogP contribution in [0.1, 0.15) is 17.7 Å². The molecule has 0 bridgehead atoms. The number of hydrogen-bond donors (Lipinski definition) is 2. The molecule has 0 saturated carbocycles. The molecule has 0 spiro atoms. The van der Waals surface area contributed by atoms with E-state index >= 15 is 0 Å². The maximum absolute atomic E-state index is 11.6. The maximum Gasteiger partial charge on any atom is 0.266 e. The predicted octanol–water partition coefficient (Wildman–Crippen LogP) is 2.60. The van der Waals surface area contributed by atoms with Crippen molar-refractivity contribution in [2.45, 2.75) is 13.3 Å². The Labute approximate surface area is 133 Å². The van der Waals surface area contributed by atoms with Gasteiger partial charge in [0.1, 0.15) is 17.4 Å². The maximum atomic E-state index is 11.6. The quantitative estimate of drug-likeness (QED) is 0.829. The monoisotopic (exact) mass is 317 g/mol. The summed E-state index contributed by atoms with van der Waals surface area (Å²) in [6.45, 7) is 2.84. The van der Waals surface area contributed by atoms with Gasteiger partial charge in [-0.25, -0.2) is 0 Å². The molecule has 0 aliphatic carbocycles. The van der Waals surface area contributed by atoms with E-state index in [1.807, 2.05) is 12.1 Å². The van der Waals surface area contributed by atoms with Crippen LogP contribution in [0, 0.1) is 18.3 Å². The van der Waals surface area contributed by atoms with E-state index < -0.39 is 5.56 Å². The van der Waals surface area contributed by atoms with E-state index in [1.165, 1.54) is 0 Å². The number of halogens is 1. The fourth-order valence-corrected chi connectivity index (χ4v) is 2.29. The molecule has 0 atom stereocenters. The minimum Gasteiger partial charge on any atom is -0.492 e. The molecule has 0 radical (unpaired) electrons. The molecule has 5 nitrogen and oxygen atoms in total. The highest BCUT2D eigenvalue weighted by molar-refractivity contribution is 6.32. The van der Waals surface area contributed by atoms with E-state index in [9.17, 15) is 4.79 Å². The van der Waals surface area contributed by atoms with Gasteiger partial charge in [0.25, 0.3) is 5.56 Å². The van der Waals surface area contributed by atoms with Gasteiger partial charge in [-0.15, -0.1) is 0 Å². The first kappa shape index (κ1) is 16.1. The average molecular weight is 318 g/mol. The molecule has 0 aliphatic rings. The molecule has 2 rings (SSSR count). The van der Waals surface area contributed by atoms with Gasteiger partial charge in [0, 0.05) is 11.3 Å². The van der Waals surface area contributed by atoms with Crippen LogP contribution in [0.2, 0.25) is 5.02 Å². The van der Waals surface area contributed by atoms with Crippen molar-refractivity contribution in [1.29, 1.82) is 5.26 Å². The van der Waals surface area contributed by atoms with Gasteiger partial charge in [-0.2, -0.15) is 5.26 Å². The van der Waals surface area contributed by atoms with E-state index in [2.05, 4.69) is 4.98 Å². The summed E-state index contributed by atoms with van der Waals surface area (Å²) in [6.07, 6.45) is 0.753. The van der Waals surface area contributed by atoms with Gasteiger partial charge in [0.15, 0.2) is 0 Å². The molecular formula is C16H16ClN3O2. The number of ether oxygens (including phenoxy) is 1. The fourth-order valence-electron chi connectivity index (χ4n) is 2.06. The van der Waals surface area contributed by atoms with Crippen LogP contribution in [-0.2, 0) is 0 Å². The van der Waals surface area contributed by atoms with Crippen LogP contribution in [0.3, 0.4) is 0 Å². The molecule has 0 fully saturated rings. The first-order chi connectivity index (χ1) is 10.6. The van der Waals surface area contributed by atoms with Gasteiger partial charge >= 0.3 is 0 Å². The zero-order valence-corrected chi connectivity index (χ0v) is 12.9. The third kappa shape index (κ3) is 3.48. The van der Waals surface area contributed by atoms with Crippen molar-refractivity contribution in [2.24, 2.45) is 5.73 Å². The molecule has 3 N–H and O–H groups in total. The highest BCUT2D eigenvalue weighted by Crippen LogP contribution is 2.31. The summed E-state index contributed by atoms with van der Waals surface area (Å²) in [7, 11) is 0. The SMILES string of the molecule is Cc1[nH]c(=O)c(C#N)cc1-c1ccc(OCCCN)c(Cl)c1. The van der Waals surface area contributed by atoms with Crippen molar-refractivity contribution in [3.63, 3.8) is 0 Å². The van der Waals surface area contributed by atoms with E-state index in [1.54, 1.807) is 25.1 Å². The van der Waals surface area contributed by atoms with Crippen molar-refractivity contribution in [1.82, 2.24) is 4.98 Å². The van der Waals surface area contributed by atoms with Crippen molar-refractivity contribution in [3.8, 4) is 22.9 Å². The van der Waals surface area contributed by atoms with Crippen molar-refractivity contribution in [3.05, 3.63) is 50.9 Å². The Hall–Kier alpha value is -2.29. The zero-order valence-electron chi connectivity index (χ0n) is 12.1. The van der Waals surface area contributed by atoms with Crippen LogP contribution < -0.4 is 16.0 Å². The number of aromatic nitrogens is 1. The highest BCUT2D eigenvalue weighted by atomic mass is 35.5. The topological polar surface area (TPSA) is 91.9 Å². The highest BCUT2D eigenvalue weighted by Gasteiger charge is 2.10. The lowest BCUT2D eigenvalue weighted by Gasteiger charge is -2.11. The Bertz CT molecular complexity index is 778. The average Bonchev–Trinajstić information content (AvgIpc) is 2.49. The number of nitrogens with one attached hydrogen (secondary N) is 1. The van der Waals surface area contributed by atoms with Gasteiger partial charge < -0.3 is 15.5 Å². The first-order valence-corrected chi connectivity index (χ1v) is 7.21. The number of nitriles is 1. The van der Waals surface area contributed by atoms with Gasteiger partial charge in [-0.3, -0.25) is 4.79 Å². The molecule has 1 aromatic carbocycles. The van der Waals surface area contributed by atoms with Crippen LogP contribution in [0.4, 0.5) is 0 Å². The molecule has 0 unspecified atom stereocenters. The normalized spacial score (nSPS) is 10.3. The molecule has 22 heavy (non-hydrogen) atoms. The Morgan fingerprint density at radius 3 is 2.82 bits per heavy atom. The molecule has 0 aliphatic heterocycles.